The van der Waals surface area contributed by atoms with Crippen LogP contribution in [0, 0.1) is 0 Å². The van der Waals surface area contributed by atoms with Crippen molar-refractivity contribution in [2.75, 3.05) is 19.8 Å². The van der Waals surface area contributed by atoms with E-state index < -0.39 is 31.3 Å². The minimum Gasteiger partial charge on any atom is -0.394 e. The third kappa shape index (κ3) is 4.82. The summed E-state index contributed by atoms with van der Waals surface area (Å²) in [5, 5.41) is 32.5. The zero-order valence-electron chi connectivity index (χ0n) is 11.8. The van der Waals surface area contributed by atoms with Crippen molar-refractivity contribution in [1.29, 1.82) is 0 Å². The average molecular weight is 296 g/mol. The third-order valence-corrected chi connectivity index (χ3v) is 3.04. The molecule has 0 saturated heterocycles. The normalized spacial score (nSPS) is 11.0. The van der Waals surface area contributed by atoms with Crippen LogP contribution in [-0.2, 0) is 11.3 Å². The van der Waals surface area contributed by atoms with Crippen molar-refractivity contribution >= 4 is 11.8 Å². The number of rotatable bonds is 7. The van der Waals surface area contributed by atoms with E-state index in [1.165, 1.54) is 6.92 Å². The first-order valence-electron chi connectivity index (χ1n) is 6.45. The molecule has 1 aromatic carbocycles. The maximum atomic E-state index is 12.0. The second-order valence-electron chi connectivity index (χ2n) is 4.82. The van der Waals surface area contributed by atoms with Crippen LogP contribution < -0.4 is 10.6 Å². The molecule has 7 nitrogen and oxygen atoms in total. The third-order valence-electron chi connectivity index (χ3n) is 3.04. The van der Waals surface area contributed by atoms with Crippen LogP contribution in [0.2, 0.25) is 0 Å². The molecule has 7 heteroatoms. The minimum absolute atomic E-state index is 0.143. The molecule has 0 aliphatic heterocycles. The highest BCUT2D eigenvalue weighted by atomic mass is 16.3. The van der Waals surface area contributed by atoms with Crippen molar-refractivity contribution < 1.29 is 24.9 Å². The largest absolute Gasteiger partial charge is 0.394 e. The fraction of sp³-hybridized carbons (Fsp3) is 0.429. The van der Waals surface area contributed by atoms with Crippen molar-refractivity contribution in [2.24, 2.45) is 0 Å². The lowest BCUT2D eigenvalue weighted by atomic mass is 10.0. The molecule has 1 rings (SSSR count). The molecular weight excluding hydrogens is 276 g/mol. The molecule has 0 radical (unpaired) electrons. The van der Waals surface area contributed by atoms with Gasteiger partial charge >= 0.3 is 0 Å². The predicted molar refractivity (Wildman–Crippen MR) is 75.4 cm³/mol. The Labute approximate surface area is 122 Å². The molecule has 0 aliphatic rings. The highest BCUT2D eigenvalue weighted by Gasteiger charge is 2.30. The Morgan fingerprint density at radius 2 is 1.57 bits per heavy atom. The van der Waals surface area contributed by atoms with Crippen molar-refractivity contribution in [3.8, 4) is 0 Å². The molecule has 0 spiro atoms. The highest BCUT2D eigenvalue weighted by Crippen LogP contribution is 2.08. The van der Waals surface area contributed by atoms with Gasteiger partial charge in [0.05, 0.1) is 19.8 Å². The van der Waals surface area contributed by atoms with Gasteiger partial charge in [0.25, 0.3) is 5.91 Å². The van der Waals surface area contributed by atoms with E-state index in [0.29, 0.717) is 12.1 Å². The fourth-order valence-electron chi connectivity index (χ4n) is 1.58. The van der Waals surface area contributed by atoms with E-state index in [1.54, 1.807) is 24.3 Å². The van der Waals surface area contributed by atoms with Gasteiger partial charge < -0.3 is 26.0 Å². The molecular formula is C14H20N2O5. The Bertz CT molecular complexity index is 474. The van der Waals surface area contributed by atoms with Gasteiger partial charge in [-0.25, -0.2) is 0 Å². The molecule has 0 saturated carbocycles. The Morgan fingerprint density at radius 1 is 1.05 bits per heavy atom. The van der Waals surface area contributed by atoms with Crippen LogP contribution in [0.4, 0.5) is 0 Å². The van der Waals surface area contributed by atoms with Gasteiger partial charge in [0.15, 0.2) is 0 Å². The number of aliphatic hydroxyl groups excluding tert-OH is 3. The van der Waals surface area contributed by atoms with Crippen molar-refractivity contribution in [3.63, 3.8) is 0 Å². The zero-order chi connectivity index (χ0) is 15.9. The van der Waals surface area contributed by atoms with E-state index in [9.17, 15) is 9.59 Å². The maximum absolute atomic E-state index is 12.0. The Hall–Kier alpha value is -1.96. The number of amides is 2. The lowest BCUT2D eigenvalue weighted by molar-refractivity contribution is -0.119. The summed E-state index contributed by atoms with van der Waals surface area (Å²) in [6.07, 6.45) is 0. The molecule has 0 atom stereocenters. The van der Waals surface area contributed by atoms with E-state index in [2.05, 4.69) is 10.6 Å². The predicted octanol–water partition coefficient (Wildman–Crippen LogP) is -1.23. The summed E-state index contributed by atoms with van der Waals surface area (Å²) in [7, 11) is 0. The van der Waals surface area contributed by atoms with Crippen LogP contribution in [0.1, 0.15) is 22.8 Å². The van der Waals surface area contributed by atoms with Gasteiger partial charge in [-0.1, -0.05) is 12.1 Å². The van der Waals surface area contributed by atoms with Gasteiger partial charge in [0.1, 0.15) is 5.54 Å². The topological polar surface area (TPSA) is 119 Å². The first kappa shape index (κ1) is 17.1. The Kier molecular flexibility index (Phi) is 6.29. The van der Waals surface area contributed by atoms with Gasteiger partial charge in [0.2, 0.25) is 5.91 Å². The van der Waals surface area contributed by atoms with Crippen LogP contribution in [0.15, 0.2) is 24.3 Å². The monoisotopic (exact) mass is 296 g/mol. The zero-order valence-corrected chi connectivity index (χ0v) is 11.8. The second kappa shape index (κ2) is 7.72. The molecule has 116 valence electrons. The van der Waals surface area contributed by atoms with Crippen LogP contribution in [-0.4, -0.2) is 52.5 Å². The molecule has 0 aliphatic carbocycles. The highest BCUT2D eigenvalue weighted by molar-refractivity contribution is 5.94. The minimum atomic E-state index is -1.45. The summed E-state index contributed by atoms with van der Waals surface area (Å²) < 4.78 is 0. The molecule has 1 aromatic rings. The summed E-state index contributed by atoms with van der Waals surface area (Å²) in [4.78, 5) is 22.8. The Morgan fingerprint density at radius 3 is 2.00 bits per heavy atom. The molecule has 0 aromatic heterocycles. The number of benzene rings is 1. The SMILES string of the molecule is CC(=O)NCc1ccc(C(=O)NC(CO)(CO)CO)cc1. The quantitative estimate of drug-likeness (QED) is 0.431. The summed E-state index contributed by atoms with van der Waals surface area (Å²) in [5.74, 6) is -0.659. The van der Waals surface area contributed by atoms with Crippen LogP contribution >= 0.6 is 0 Å². The molecule has 0 fully saturated rings. The number of carbonyl (C=O) groups is 2. The van der Waals surface area contributed by atoms with Crippen molar-refractivity contribution in [3.05, 3.63) is 35.4 Å². The Balaban J connectivity index is 2.73. The molecule has 2 amide bonds. The van der Waals surface area contributed by atoms with Gasteiger partial charge in [-0.3, -0.25) is 9.59 Å². The first-order chi connectivity index (χ1) is 9.96. The summed E-state index contributed by atoms with van der Waals surface area (Å²) >= 11 is 0. The number of aliphatic hydroxyl groups is 3. The van der Waals surface area contributed by atoms with E-state index in [-0.39, 0.29) is 5.91 Å². The van der Waals surface area contributed by atoms with Crippen LogP contribution in [0.5, 0.6) is 0 Å². The number of hydrogen-bond acceptors (Lipinski definition) is 5. The van der Waals surface area contributed by atoms with E-state index in [0.717, 1.165) is 5.56 Å². The van der Waals surface area contributed by atoms with Gasteiger partial charge in [0, 0.05) is 19.0 Å². The van der Waals surface area contributed by atoms with E-state index in [1.807, 2.05) is 0 Å². The lowest BCUT2D eigenvalue weighted by Gasteiger charge is -2.28. The van der Waals surface area contributed by atoms with E-state index >= 15 is 0 Å². The van der Waals surface area contributed by atoms with Crippen molar-refractivity contribution in [1.82, 2.24) is 10.6 Å². The summed E-state index contributed by atoms with van der Waals surface area (Å²) in [6, 6.07) is 6.49. The molecule has 0 bridgehead atoms. The van der Waals surface area contributed by atoms with Gasteiger partial charge in [-0.15, -0.1) is 0 Å². The smallest absolute Gasteiger partial charge is 0.251 e. The summed E-state index contributed by atoms with van der Waals surface area (Å²) in [5.41, 5.74) is -0.299. The first-order valence-corrected chi connectivity index (χ1v) is 6.45. The lowest BCUT2D eigenvalue weighted by Crippen LogP contribution is -2.57. The van der Waals surface area contributed by atoms with Crippen LogP contribution in [0.3, 0.4) is 0 Å². The fourth-order valence-corrected chi connectivity index (χ4v) is 1.58. The molecule has 21 heavy (non-hydrogen) atoms. The maximum Gasteiger partial charge on any atom is 0.251 e. The number of nitrogens with one attached hydrogen (secondary N) is 2. The van der Waals surface area contributed by atoms with E-state index in [4.69, 9.17) is 15.3 Å². The molecule has 0 unspecified atom stereocenters. The molecule has 5 N–H and O–H groups in total. The van der Waals surface area contributed by atoms with Crippen molar-refractivity contribution in [2.45, 2.75) is 19.0 Å². The molecule has 0 heterocycles. The number of hydrogen-bond donors (Lipinski definition) is 5. The summed E-state index contributed by atoms with van der Waals surface area (Å²) in [6.45, 7) is 0.0518. The van der Waals surface area contributed by atoms with Crippen LogP contribution in [0.25, 0.3) is 0 Å². The standard InChI is InChI=1S/C14H20N2O5/c1-10(20)15-6-11-2-4-12(5-3-11)13(21)16-14(7-17,8-18)9-19/h2-5,17-19H,6-9H2,1H3,(H,15,20)(H,16,21). The van der Waals surface area contributed by atoms with Gasteiger partial charge in [-0.05, 0) is 17.7 Å². The number of carbonyl (C=O) groups excluding carboxylic acids is 2. The average Bonchev–Trinajstić information content (AvgIpc) is 2.51. The van der Waals surface area contributed by atoms with Gasteiger partial charge in [-0.2, -0.15) is 0 Å². The second-order valence-corrected chi connectivity index (χ2v) is 4.82.